The van der Waals surface area contributed by atoms with Gasteiger partial charge in [0.1, 0.15) is 6.26 Å². The SMILES string of the molecule is Cc1ccc(-c2nc(CSc3n[nH]c(=O)n3Cc3ccccc3)co2)c(C)c1. The summed E-state index contributed by atoms with van der Waals surface area (Å²) in [5, 5.41) is 7.31. The number of H-pyrrole nitrogens is 1. The van der Waals surface area contributed by atoms with Gasteiger partial charge in [-0.15, -0.1) is 5.10 Å². The number of aryl methyl sites for hydroxylation is 2. The van der Waals surface area contributed by atoms with E-state index in [1.165, 1.54) is 17.3 Å². The molecule has 4 rings (SSSR count). The largest absolute Gasteiger partial charge is 0.444 e. The molecule has 2 heterocycles. The van der Waals surface area contributed by atoms with Crippen molar-refractivity contribution in [1.82, 2.24) is 19.7 Å². The molecule has 0 aliphatic carbocycles. The van der Waals surface area contributed by atoms with Gasteiger partial charge >= 0.3 is 5.69 Å². The highest BCUT2D eigenvalue weighted by Gasteiger charge is 2.13. The maximum absolute atomic E-state index is 12.1. The van der Waals surface area contributed by atoms with Crippen molar-refractivity contribution in [1.29, 1.82) is 0 Å². The smallest absolute Gasteiger partial charge is 0.344 e. The molecule has 6 nitrogen and oxygen atoms in total. The maximum Gasteiger partial charge on any atom is 0.344 e. The van der Waals surface area contributed by atoms with Crippen LogP contribution in [0.15, 0.2) is 69.2 Å². The number of hydrogen-bond donors (Lipinski definition) is 1. The minimum absolute atomic E-state index is 0.220. The van der Waals surface area contributed by atoms with Crippen LogP contribution in [-0.4, -0.2) is 19.7 Å². The molecule has 0 aliphatic rings. The Kier molecular flexibility index (Phi) is 5.16. The average molecular weight is 392 g/mol. The van der Waals surface area contributed by atoms with E-state index in [4.69, 9.17) is 4.42 Å². The van der Waals surface area contributed by atoms with Crippen LogP contribution in [0.25, 0.3) is 11.5 Å². The molecule has 0 saturated heterocycles. The van der Waals surface area contributed by atoms with Gasteiger partial charge in [-0.1, -0.05) is 59.8 Å². The van der Waals surface area contributed by atoms with E-state index in [1.807, 2.05) is 49.4 Å². The van der Waals surface area contributed by atoms with E-state index in [-0.39, 0.29) is 5.69 Å². The van der Waals surface area contributed by atoms with Gasteiger partial charge in [-0.05, 0) is 31.0 Å². The third kappa shape index (κ3) is 3.94. The van der Waals surface area contributed by atoms with E-state index >= 15 is 0 Å². The molecule has 4 aromatic rings. The highest BCUT2D eigenvalue weighted by Crippen LogP contribution is 2.26. The molecule has 0 fully saturated rings. The summed E-state index contributed by atoms with van der Waals surface area (Å²) in [6.45, 7) is 4.59. The van der Waals surface area contributed by atoms with Crippen molar-refractivity contribution >= 4 is 11.8 Å². The van der Waals surface area contributed by atoms with Crippen LogP contribution < -0.4 is 5.69 Å². The van der Waals surface area contributed by atoms with E-state index in [0.29, 0.717) is 23.3 Å². The Hall–Kier alpha value is -3.06. The summed E-state index contributed by atoms with van der Waals surface area (Å²) in [6.07, 6.45) is 1.66. The molecule has 7 heteroatoms. The molecular weight excluding hydrogens is 372 g/mol. The second kappa shape index (κ2) is 7.90. The number of thioether (sulfide) groups is 1. The first kappa shape index (κ1) is 18.3. The van der Waals surface area contributed by atoms with E-state index in [0.717, 1.165) is 22.4 Å². The second-order valence-corrected chi connectivity index (χ2v) is 7.58. The van der Waals surface area contributed by atoms with Gasteiger partial charge in [0, 0.05) is 11.3 Å². The molecule has 0 saturated carbocycles. The van der Waals surface area contributed by atoms with Gasteiger partial charge in [0.25, 0.3) is 0 Å². The van der Waals surface area contributed by atoms with E-state index in [1.54, 1.807) is 10.8 Å². The van der Waals surface area contributed by atoms with Gasteiger partial charge in [0.15, 0.2) is 5.16 Å². The molecule has 2 aromatic carbocycles. The topological polar surface area (TPSA) is 76.7 Å². The summed E-state index contributed by atoms with van der Waals surface area (Å²) in [5.41, 5.74) is 4.96. The predicted octanol–water partition coefficient (Wildman–Crippen LogP) is 4.18. The quantitative estimate of drug-likeness (QED) is 0.498. The Labute approximate surface area is 166 Å². The van der Waals surface area contributed by atoms with Gasteiger partial charge in [0.05, 0.1) is 12.2 Å². The molecular formula is C21H20N4O2S. The summed E-state index contributed by atoms with van der Waals surface area (Å²) in [7, 11) is 0. The molecule has 1 N–H and O–H groups in total. The first-order chi connectivity index (χ1) is 13.6. The molecule has 0 unspecified atom stereocenters. The van der Waals surface area contributed by atoms with Crippen LogP contribution in [-0.2, 0) is 12.3 Å². The van der Waals surface area contributed by atoms with Crippen LogP contribution in [0, 0.1) is 13.8 Å². The maximum atomic E-state index is 12.1. The molecule has 0 spiro atoms. The Bertz CT molecular complexity index is 1140. The molecule has 0 aliphatic heterocycles. The monoisotopic (exact) mass is 392 g/mol. The number of hydrogen-bond acceptors (Lipinski definition) is 5. The van der Waals surface area contributed by atoms with Crippen molar-refractivity contribution in [2.45, 2.75) is 31.3 Å². The van der Waals surface area contributed by atoms with Gasteiger partial charge in [0.2, 0.25) is 5.89 Å². The highest BCUT2D eigenvalue weighted by molar-refractivity contribution is 7.98. The number of rotatable bonds is 6. The Morgan fingerprint density at radius 2 is 1.96 bits per heavy atom. The molecule has 28 heavy (non-hydrogen) atoms. The zero-order valence-corrected chi connectivity index (χ0v) is 16.5. The zero-order chi connectivity index (χ0) is 19.5. The van der Waals surface area contributed by atoms with Gasteiger partial charge in [-0.25, -0.2) is 14.9 Å². The van der Waals surface area contributed by atoms with Crippen LogP contribution in [0.3, 0.4) is 0 Å². The van der Waals surface area contributed by atoms with Gasteiger partial charge in [-0.2, -0.15) is 0 Å². The average Bonchev–Trinajstić information content (AvgIpc) is 3.29. The standard InChI is InChI=1S/C21H20N4O2S/c1-14-8-9-18(15(2)10-14)19-22-17(12-27-19)13-28-21-24-23-20(26)25(21)11-16-6-4-3-5-7-16/h3-10,12H,11,13H2,1-2H3,(H,23,26). The van der Waals surface area contributed by atoms with Crippen molar-refractivity contribution in [3.8, 4) is 11.5 Å². The van der Waals surface area contributed by atoms with Crippen LogP contribution in [0.4, 0.5) is 0 Å². The predicted molar refractivity (Wildman–Crippen MR) is 109 cm³/mol. The first-order valence-electron chi connectivity index (χ1n) is 8.94. The summed E-state index contributed by atoms with van der Waals surface area (Å²) in [5.74, 6) is 1.17. The fraction of sp³-hybridized carbons (Fsp3) is 0.190. The molecule has 0 radical (unpaired) electrons. The normalized spacial score (nSPS) is 11.1. The van der Waals surface area contributed by atoms with Crippen molar-refractivity contribution in [3.63, 3.8) is 0 Å². The summed E-state index contributed by atoms with van der Waals surface area (Å²) >= 11 is 1.45. The van der Waals surface area contributed by atoms with Crippen LogP contribution in [0.1, 0.15) is 22.4 Å². The van der Waals surface area contributed by atoms with Crippen LogP contribution >= 0.6 is 11.8 Å². The van der Waals surface area contributed by atoms with E-state index in [9.17, 15) is 4.79 Å². The highest BCUT2D eigenvalue weighted by atomic mass is 32.2. The van der Waals surface area contributed by atoms with Crippen molar-refractivity contribution in [2.24, 2.45) is 0 Å². The van der Waals surface area contributed by atoms with Crippen LogP contribution in [0.5, 0.6) is 0 Å². The molecule has 0 amide bonds. The third-order valence-corrected chi connectivity index (χ3v) is 5.43. The summed E-state index contributed by atoms with van der Waals surface area (Å²) in [4.78, 5) is 16.7. The van der Waals surface area contributed by atoms with Crippen molar-refractivity contribution in [3.05, 3.63) is 87.7 Å². The van der Waals surface area contributed by atoms with Crippen molar-refractivity contribution in [2.75, 3.05) is 0 Å². The number of nitrogens with one attached hydrogen (secondary N) is 1. The zero-order valence-electron chi connectivity index (χ0n) is 15.7. The Morgan fingerprint density at radius 3 is 2.75 bits per heavy atom. The van der Waals surface area contributed by atoms with E-state index in [2.05, 4.69) is 28.2 Å². The Morgan fingerprint density at radius 1 is 1.14 bits per heavy atom. The molecule has 0 atom stereocenters. The number of aromatic nitrogens is 4. The van der Waals surface area contributed by atoms with Gasteiger partial charge < -0.3 is 4.42 Å². The van der Waals surface area contributed by atoms with Gasteiger partial charge in [-0.3, -0.25) is 4.57 Å². The summed E-state index contributed by atoms with van der Waals surface area (Å²) < 4.78 is 7.30. The molecule has 2 aromatic heterocycles. The summed E-state index contributed by atoms with van der Waals surface area (Å²) in [6, 6.07) is 16.0. The minimum Gasteiger partial charge on any atom is -0.444 e. The lowest BCUT2D eigenvalue weighted by molar-refractivity contribution is 0.573. The number of aromatic amines is 1. The number of nitrogens with zero attached hydrogens (tertiary/aromatic N) is 3. The minimum atomic E-state index is -0.220. The number of oxazole rings is 1. The van der Waals surface area contributed by atoms with E-state index < -0.39 is 0 Å². The lowest BCUT2D eigenvalue weighted by atomic mass is 10.1. The molecule has 142 valence electrons. The van der Waals surface area contributed by atoms with Crippen molar-refractivity contribution < 1.29 is 4.42 Å². The Balaban J connectivity index is 1.49. The third-order valence-electron chi connectivity index (χ3n) is 4.42. The number of benzene rings is 2. The van der Waals surface area contributed by atoms with Crippen LogP contribution in [0.2, 0.25) is 0 Å². The lowest BCUT2D eigenvalue weighted by Gasteiger charge is -2.04. The lowest BCUT2D eigenvalue weighted by Crippen LogP contribution is -2.18. The fourth-order valence-corrected chi connectivity index (χ4v) is 3.83. The fourth-order valence-electron chi connectivity index (χ4n) is 3.01. The molecule has 0 bridgehead atoms. The second-order valence-electron chi connectivity index (χ2n) is 6.63. The first-order valence-corrected chi connectivity index (χ1v) is 9.92.